The van der Waals surface area contributed by atoms with Crippen molar-refractivity contribution in [2.75, 3.05) is 0 Å². The first-order valence-electron chi connectivity index (χ1n) is 19.3. The van der Waals surface area contributed by atoms with Gasteiger partial charge in [0.25, 0.3) is 0 Å². The number of para-hydroxylation sites is 1. The molecule has 1 aliphatic heterocycles. The van der Waals surface area contributed by atoms with Gasteiger partial charge >= 0.3 is 0 Å². The van der Waals surface area contributed by atoms with E-state index < -0.39 is 0 Å². The maximum absolute atomic E-state index is 6.35. The fourth-order valence-electron chi connectivity index (χ4n) is 7.52. The van der Waals surface area contributed by atoms with Gasteiger partial charge in [-0.15, -0.1) is 0 Å². The van der Waals surface area contributed by atoms with Crippen LogP contribution in [0.15, 0.2) is 182 Å². The van der Waals surface area contributed by atoms with E-state index in [1.807, 2.05) is 127 Å². The molecule has 0 fully saturated rings. The average Bonchev–Trinajstić information content (AvgIpc) is 3.30. The van der Waals surface area contributed by atoms with Gasteiger partial charge in [0, 0.05) is 49.9 Å². The second-order valence-electron chi connectivity index (χ2n) is 14.8. The highest BCUT2D eigenvalue weighted by molar-refractivity contribution is 5.75. The smallest absolute Gasteiger partial charge is 0.164 e. The first-order valence-corrected chi connectivity index (χ1v) is 19.3. The third-order valence-electron chi connectivity index (χ3n) is 10.7. The quantitative estimate of drug-likeness (QED) is 0.160. The van der Waals surface area contributed by atoms with Crippen molar-refractivity contribution in [3.05, 3.63) is 193 Å². The van der Waals surface area contributed by atoms with E-state index in [1.54, 1.807) is 0 Å². The summed E-state index contributed by atoms with van der Waals surface area (Å²) in [5.74, 6) is 5.39. The Balaban J connectivity index is 1.01. The van der Waals surface area contributed by atoms with Gasteiger partial charge in [0.2, 0.25) is 0 Å². The number of nitrogens with zero attached hydrogens (tertiary/aromatic N) is 6. The molecule has 3 heterocycles. The Kier molecular flexibility index (Phi) is 8.68. The molecule has 9 aromatic rings. The summed E-state index contributed by atoms with van der Waals surface area (Å²) in [7, 11) is 0. The van der Waals surface area contributed by atoms with Crippen molar-refractivity contribution in [3.8, 4) is 91.0 Å². The number of aromatic nitrogens is 6. The van der Waals surface area contributed by atoms with E-state index >= 15 is 0 Å². The molecule has 0 radical (unpaired) electrons. The minimum Gasteiger partial charge on any atom is -0.457 e. The fourth-order valence-corrected chi connectivity index (χ4v) is 7.52. The molecule has 0 amide bonds. The lowest BCUT2D eigenvalue weighted by Crippen LogP contribution is -2.24. The average molecular weight is 749 g/mol. The summed E-state index contributed by atoms with van der Waals surface area (Å²) in [6.07, 6.45) is 0. The predicted octanol–water partition coefficient (Wildman–Crippen LogP) is 12.2. The second-order valence-corrected chi connectivity index (χ2v) is 14.8. The summed E-state index contributed by atoms with van der Waals surface area (Å²) < 4.78 is 6.35. The highest BCUT2D eigenvalue weighted by atomic mass is 16.5. The van der Waals surface area contributed by atoms with E-state index in [4.69, 9.17) is 34.6 Å². The highest BCUT2D eigenvalue weighted by Crippen LogP contribution is 2.48. The van der Waals surface area contributed by atoms with Gasteiger partial charge in [-0.25, -0.2) is 29.9 Å². The Morgan fingerprint density at radius 1 is 0.293 bits per heavy atom. The zero-order valence-corrected chi connectivity index (χ0v) is 31.9. The van der Waals surface area contributed by atoms with Gasteiger partial charge in [-0.2, -0.15) is 0 Å². The number of hydrogen-bond donors (Lipinski definition) is 0. The van der Waals surface area contributed by atoms with Crippen LogP contribution in [0.3, 0.4) is 0 Å². The monoisotopic (exact) mass is 748 g/mol. The minimum absolute atomic E-state index is 0.274. The van der Waals surface area contributed by atoms with Gasteiger partial charge < -0.3 is 4.74 Å². The van der Waals surface area contributed by atoms with Crippen molar-refractivity contribution in [2.24, 2.45) is 0 Å². The van der Waals surface area contributed by atoms with Crippen molar-refractivity contribution in [1.82, 2.24) is 29.9 Å². The van der Waals surface area contributed by atoms with Gasteiger partial charge in [0.1, 0.15) is 11.5 Å². The van der Waals surface area contributed by atoms with Crippen molar-refractivity contribution in [3.63, 3.8) is 0 Å². The molecule has 7 nitrogen and oxygen atoms in total. The molecule has 0 saturated heterocycles. The van der Waals surface area contributed by atoms with Gasteiger partial charge in [-0.3, -0.25) is 0 Å². The van der Waals surface area contributed by atoms with E-state index in [0.29, 0.717) is 34.9 Å². The van der Waals surface area contributed by atoms with Crippen LogP contribution < -0.4 is 4.74 Å². The minimum atomic E-state index is -0.274. The van der Waals surface area contributed by atoms with E-state index in [0.717, 1.165) is 67.1 Å². The Labute approximate surface area is 336 Å². The summed E-state index contributed by atoms with van der Waals surface area (Å²) in [6.45, 7) is 4.47. The van der Waals surface area contributed by atoms with Crippen LogP contribution in [-0.2, 0) is 5.41 Å². The third kappa shape index (κ3) is 6.58. The number of rotatable bonds is 7. The zero-order chi connectivity index (χ0) is 39.1. The number of fused-ring (bicyclic) bond motifs is 2. The van der Waals surface area contributed by atoms with Crippen molar-refractivity contribution in [1.29, 1.82) is 0 Å². The van der Waals surface area contributed by atoms with E-state index in [9.17, 15) is 0 Å². The Bertz CT molecular complexity index is 2880. The summed E-state index contributed by atoms with van der Waals surface area (Å²) in [6, 6.07) is 61.2. The largest absolute Gasteiger partial charge is 0.457 e. The van der Waals surface area contributed by atoms with E-state index in [2.05, 4.69) is 68.4 Å². The topological polar surface area (TPSA) is 86.6 Å². The van der Waals surface area contributed by atoms with Gasteiger partial charge in [0.05, 0.1) is 0 Å². The lowest BCUT2D eigenvalue weighted by Gasteiger charge is -2.34. The highest BCUT2D eigenvalue weighted by Gasteiger charge is 2.34. The number of ether oxygens (including phenoxy) is 1. The van der Waals surface area contributed by atoms with Crippen LogP contribution in [0.4, 0.5) is 0 Å². The Morgan fingerprint density at radius 2 is 0.655 bits per heavy atom. The van der Waals surface area contributed by atoms with Crippen LogP contribution >= 0.6 is 0 Å². The molecule has 1 aliphatic rings. The summed E-state index contributed by atoms with van der Waals surface area (Å²) in [5.41, 5.74) is 9.50. The molecule has 58 heavy (non-hydrogen) atoms. The summed E-state index contributed by atoms with van der Waals surface area (Å²) >= 11 is 0. The summed E-state index contributed by atoms with van der Waals surface area (Å²) in [5, 5.41) is 0. The lowest BCUT2D eigenvalue weighted by atomic mass is 9.75. The molecule has 0 aliphatic carbocycles. The van der Waals surface area contributed by atoms with Crippen LogP contribution in [0, 0.1) is 0 Å². The molecule has 276 valence electrons. The molecule has 0 bridgehead atoms. The van der Waals surface area contributed by atoms with E-state index in [-0.39, 0.29) is 5.41 Å². The molecule has 10 rings (SSSR count). The zero-order valence-electron chi connectivity index (χ0n) is 31.9. The van der Waals surface area contributed by atoms with Gasteiger partial charge in [-0.05, 0) is 41.5 Å². The molecule has 0 atom stereocenters. The number of hydrogen-bond acceptors (Lipinski definition) is 7. The van der Waals surface area contributed by atoms with Crippen LogP contribution in [0.2, 0.25) is 0 Å². The van der Waals surface area contributed by atoms with Crippen LogP contribution in [-0.4, -0.2) is 29.9 Å². The molecule has 7 heteroatoms. The third-order valence-corrected chi connectivity index (χ3v) is 10.7. The molecule has 0 N–H and O–H groups in total. The molecule has 0 spiro atoms. The maximum Gasteiger partial charge on any atom is 0.164 e. The molecule has 2 aromatic heterocycles. The maximum atomic E-state index is 6.35. The summed E-state index contributed by atoms with van der Waals surface area (Å²) in [4.78, 5) is 29.8. The lowest BCUT2D eigenvalue weighted by molar-refractivity contribution is 0.418. The fraction of sp³-hybridized carbons (Fsp3) is 0.0588. The molecule has 7 aromatic carbocycles. The standard InChI is InChI=1S/C51H36N6O/c1-51(2)41-23-12-13-24-43(41)58-44-30-29-40(32-42(44)51)50-56-47(36-19-10-5-11-20-36)53-48(57-50)37-27-25-33(26-28-37)38-21-14-22-39(31-38)49-54-45(34-15-6-3-7-16-34)52-46(55-49)35-17-8-4-9-18-35/h3-32H,1-2H3. The van der Waals surface area contributed by atoms with Crippen molar-refractivity contribution in [2.45, 2.75) is 19.3 Å². The Hall–Kier alpha value is -7.64. The molecular weight excluding hydrogens is 713 g/mol. The first-order chi connectivity index (χ1) is 28.5. The molecule has 0 unspecified atom stereocenters. The van der Waals surface area contributed by atoms with Crippen LogP contribution in [0.25, 0.3) is 79.5 Å². The number of benzene rings is 7. The SMILES string of the molecule is CC1(C)c2ccccc2Oc2ccc(-c3nc(-c4ccccc4)nc(-c4ccc(-c5cccc(-c6nc(-c7ccccc7)nc(-c7ccccc7)n6)c5)cc4)n3)cc21. The van der Waals surface area contributed by atoms with Crippen molar-refractivity contribution < 1.29 is 4.74 Å². The molecular formula is C51H36N6O. The first kappa shape index (κ1) is 34.8. The van der Waals surface area contributed by atoms with Crippen LogP contribution in [0.5, 0.6) is 11.5 Å². The predicted molar refractivity (Wildman–Crippen MR) is 230 cm³/mol. The molecule has 0 saturated carbocycles. The van der Waals surface area contributed by atoms with Crippen LogP contribution in [0.1, 0.15) is 25.0 Å². The van der Waals surface area contributed by atoms with Gasteiger partial charge in [0.15, 0.2) is 34.9 Å². The normalized spacial score (nSPS) is 12.6. The van der Waals surface area contributed by atoms with E-state index in [1.165, 1.54) is 0 Å². The van der Waals surface area contributed by atoms with Gasteiger partial charge in [-0.1, -0.05) is 166 Å². The Morgan fingerprint density at radius 3 is 1.19 bits per heavy atom. The van der Waals surface area contributed by atoms with Crippen molar-refractivity contribution >= 4 is 0 Å². The second kappa shape index (κ2) is 14.5.